The second-order valence-corrected chi connectivity index (χ2v) is 4.01. The van der Waals surface area contributed by atoms with Crippen LogP contribution in [-0.4, -0.2) is 40.5 Å². The van der Waals surface area contributed by atoms with Crippen LogP contribution in [0.15, 0.2) is 12.3 Å². The van der Waals surface area contributed by atoms with Gasteiger partial charge in [-0.1, -0.05) is 12.2 Å². The summed E-state index contributed by atoms with van der Waals surface area (Å²) in [4.78, 5) is 21.9. The van der Waals surface area contributed by atoms with Crippen LogP contribution in [0.25, 0.3) is 0 Å². The van der Waals surface area contributed by atoms with Crippen molar-refractivity contribution in [3.63, 3.8) is 0 Å². The molecule has 0 bridgehead atoms. The molecule has 0 aromatic carbocycles. The molecule has 0 saturated carbocycles. The van der Waals surface area contributed by atoms with Crippen molar-refractivity contribution in [2.45, 2.75) is 13.8 Å². The van der Waals surface area contributed by atoms with Crippen molar-refractivity contribution in [1.29, 1.82) is 0 Å². The van der Waals surface area contributed by atoms with Gasteiger partial charge in [-0.05, 0) is 19.9 Å². The number of nitrogens with zero attached hydrogens (tertiary/aromatic N) is 3. The first-order valence-electron chi connectivity index (χ1n) is 5.73. The van der Waals surface area contributed by atoms with E-state index in [1.54, 1.807) is 17.2 Å². The lowest BCUT2D eigenvalue weighted by molar-refractivity contribution is -0.119. The number of rotatable bonds is 6. The van der Waals surface area contributed by atoms with E-state index in [4.69, 9.17) is 18.0 Å². The van der Waals surface area contributed by atoms with Gasteiger partial charge in [0.05, 0.1) is 6.54 Å². The van der Waals surface area contributed by atoms with Gasteiger partial charge in [-0.3, -0.25) is 4.79 Å². The van der Waals surface area contributed by atoms with Crippen molar-refractivity contribution >= 4 is 29.1 Å². The molecule has 6 nitrogen and oxygen atoms in total. The van der Waals surface area contributed by atoms with Gasteiger partial charge in [0, 0.05) is 19.3 Å². The highest BCUT2D eigenvalue weighted by molar-refractivity contribution is 7.80. The Kier molecular flexibility index (Phi) is 5.44. The predicted molar refractivity (Wildman–Crippen MR) is 74.5 cm³/mol. The maximum atomic E-state index is 11.5. The Labute approximate surface area is 112 Å². The zero-order chi connectivity index (χ0) is 13.5. The summed E-state index contributed by atoms with van der Waals surface area (Å²) in [6.45, 7) is 5.24. The highest BCUT2D eigenvalue weighted by atomic mass is 32.1. The molecular weight excluding hydrogens is 250 g/mol. The predicted octanol–water partition coefficient (Wildman–Crippen LogP) is 0.0732. The Bertz CT molecular complexity index is 437. The maximum Gasteiger partial charge on any atom is 0.239 e. The lowest BCUT2D eigenvalue weighted by Crippen LogP contribution is -2.38. The van der Waals surface area contributed by atoms with Crippen molar-refractivity contribution in [3.8, 4) is 0 Å². The number of aromatic nitrogens is 2. The minimum Gasteiger partial charge on any atom is -0.388 e. The smallest absolute Gasteiger partial charge is 0.239 e. The lowest BCUT2D eigenvalue weighted by atomic mass is 10.4. The molecular formula is C11H17N5OS. The Morgan fingerprint density at radius 1 is 1.56 bits per heavy atom. The highest BCUT2D eigenvalue weighted by Crippen LogP contribution is 2.07. The fourth-order valence-corrected chi connectivity index (χ4v) is 1.50. The van der Waals surface area contributed by atoms with E-state index in [2.05, 4.69) is 15.3 Å². The first-order valence-corrected chi connectivity index (χ1v) is 6.13. The Balaban J connectivity index is 2.84. The van der Waals surface area contributed by atoms with Crippen molar-refractivity contribution in [3.05, 3.63) is 18.0 Å². The van der Waals surface area contributed by atoms with Crippen molar-refractivity contribution in [2.75, 3.05) is 24.5 Å². The van der Waals surface area contributed by atoms with Crippen LogP contribution >= 0.6 is 12.2 Å². The summed E-state index contributed by atoms with van der Waals surface area (Å²) in [5, 5.41) is 2.73. The van der Waals surface area contributed by atoms with Gasteiger partial charge in [-0.15, -0.1) is 0 Å². The number of likely N-dealkylation sites (N-methyl/N-ethyl adjacent to an activating group) is 2. The van der Waals surface area contributed by atoms with Crippen molar-refractivity contribution < 1.29 is 4.79 Å². The summed E-state index contributed by atoms with van der Waals surface area (Å²) in [6.07, 6.45) is 1.58. The topological polar surface area (TPSA) is 84.1 Å². The van der Waals surface area contributed by atoms with E-state index < -0.39 is 0 Å². The molecule has 1 heterocycles. The zero-order valence-electron chi connectivity index (χ0n) is 10.5. The average molecular weight is 267 g/mol. The standard InChI is InChI=1S/C11H17N5OS/c1-3-13-9(17)7-16(4-2)11-14-6-5-8(15-11)10(12)18/h5-6H,3-4,7H2,1-2H3,(H2,12,18)(H,13,17). The number of hydrogen-bond donors (Lipinski definition) is 2. The number of anilines is 1. The molecule has 0 saturated heterocycles. The summed E-state index contributed by atoms with van der Waals surface area (Å²) in [5.41, 5.74) is 6.02. The molecule has 0 aliphatic heterocycles. The number of nitrogens with one attached hydrogen (secondary N) is 1. The highest BCUT2D eigenvalue weighted by Gasteiger charge is 2.12. The fraction of sp³-hybridized carbons (Fsp3) is 0.455. The van der Waals surface area contributed by atoms with E-state index in [-0.39, 0.29) is 17.4 Å². The van der Waals surface area contributed by atoms with E-state index in [0.29, 0.717) is 24.7 Å². The van der Waals surface area contributed by atoms with Gasteiger partial charge in [0.15, 0.2) is 0 Å². The van der Waals surface area contributed by atoms with Crippen LogP contribution in [0, 0.1) is 0 Å². The molecule has 0 aliphatic carbocycles. The summed E-state index contributed by atoms with van der Waals surface area (Å²) in [7, 11) is 0. The minimum absolute atomic E-state index is 0.0660. The first kappa shape index (κ1) is 14.3. The molecule has 0 aliphatic rings. The Morgan fingerprint density at radius 3 is 2.83 bits per heavy atom. The molecule has 0 radical (unpaired) electrons. The van der Waals surface area contributed by atoms with Gasteiger partial charge >= 0.3 is 0 Å². The minimum atomic E-state index is -0.0660. The second kappa shape index (κ2) is 6.85. The molecule has 3 N–H and O–H groups in total. The van der Waals surface area contributed by atoms with Crippen LogP contribution in [0.5, 0.6) is 0 Å². The first-order chi connectivity index (χ1) is 8.58. The Morgan fingerprint density at radius 2 is 2.28 bits per heavy atom. The van der Waals surface area contributed by atoms with Crippen LogP contribution in [0.1, 0.15) is 19.5 Å². The maximum absolute atomic E-state index is 11.5. The number of carbonyl (C=O) groups excluding carboxylic acids is 1. The molecule has 7 heteroatoms. The molecule has 1 aromatic rings. The van der Waals surface area contributed by atoms with Gasteiger partial charge in [-0.2, -0.15) is 0 Å². The fourth-order valence-electron chi connectivity index (χ4n) is 1.39. The molecule has 0 fully saturated rings. The third-order valence-electron chi connectivity index (χ3n) is 2.27. The van der Waals surface area contributed by atoms with E-state index >= 15 is 0 Å². The number of hydrogen-bond acceptors (Lipinski definition) is 5. The molecule has 18 heavy (non-hydrogen) atoms. The second-order valence-electron chi connectivity index (χ2n) is 3.57. The van der Waals surface area contributed by atoms with Gasteiger partial charge in [0.25, 0.3) is 0 Å². The Hall–Kier alpha value is -1.76. The van der Waals surface area contributed by atoms with Crippen LogP contribution in [0.3, 0.4) is 0 Å². The number of thiocarbonyl (C=S) groups is 1. The summed E-state index contributed by atoms with van der Waals surface area (Å²) in [6, 6.07) is 1.64. The summed E-state index contributed by atoms with van der Waals surface area (Å²) < 4.78 is 0. The molecule has 98 valence electrons. The number of nitrogens with two attached hydrogens (primary N) is 1. The molecule has 1 rings (SSSR count). The van der Waals surface area contributed by atoms with Crippen LogP contribution in [-0.2, 0) is 4.79 Å². The van der Waals surface area contributed by atoms with Gasteiger partial charge in [-0.25, -0.2) is 9.97 Å². The van der Waals surface area contributed by atoms with E-state index in [0.717, 1.165) is 0 Å². The van der Waals surface area contributed by atoms with E-state index in [1.807, 2.05) is 13.8 Å². The molecule has 0 unspecified atom stereocenters. The molecule has 0 atom stereocenters. The quantitative estimate of drug-likeness (QED) is 0.710. The van der Waals surface area contributed by atoms with Crippen molar-refractivity contribution in [2.24, 2.45) is 5.73 Å². The normalized spacial score (nSPS) is 9.89. The van der Waals surface area contributed by atoms with Crippen LogP contribution < -0.4 is 16.0 Å². The van der Waals surface area contributed by atoms with E-state index in [9.17, 15) is 4.79 Å². The zero-order valence-corrected chi connectivity index (χ0v) is 11.3. The monoisotopic (exact) mass is 267 g/mol. The molecule has 1 amide bonds. The molecule has 0 spiro atoms. The average Bonchev–Trinajstić information content (AvgIpc) is 2.36. The molecule has 1 aromatic heterocycles. The third-order valence-corrected chi connectivity index (χ3v) is 2.48. The third kappa shape index (κ3) is 3.92. The number of amides is 1. The van der Waals surface area contributed by atoms with Crippen LogP contribution in [0.4, 0.5) is 5.95 Å². The number of carbonyl (C=O) groups is 1. The largest absolute Gasteiger partial charge is 0.388 e. The van der Waals surface area contributed by atoms with Gasteiger partial charge < -0.3 is 16.0 Å². The van der Waals surface area contributed by atoms with Gasteiger partial charge in [0.2, 0.25) is 11.9 Å². The summed E-state index contributed by atoms with van der Waals surface area (Å²) >= 11 is 4.86. The summed E-state index contributed by atoms with van der Waals surface area (Å²) in [5.74, 6) is 0.387. The lowest BCUT2D eigenvalue weighted by Gasteiger charge is -2.20. The van der Waals surface area contributed by atoms with Crippen LogP contribution in [0.2, 0.25) is 0 Å². The SMILES string of the molecule is CCNC(=O)CN(CC)c1nccc(C(N)=S)n1. The van der Waals surface area contributed by atoms with E-state index in [1.165, 1.54) is 0 Å². The van der Waals surface area contributed by atoms with Crippen molar-refractivity contribution in [1.82, 2.24) is 15.3 Å². The van der Waals surface area contributed by atoms with Gasteiger partial charge in [0.1, 0.15) is 10.7 Å².